The maximum Gasteiger partial charge on any atom is 0.265 e. The highest BCUT2D eigenvalue weighted by atomic mass is 16.5. The minimum Gasteiger partial charge on any atom is -0.480 e. The first-order chi connectivity index (χ1) is 14.0. The molecule has 2 aromatic rings. The number of hydrogen-bond acceptors (Lipinski definition) is 2. The maximum absolute atomic E-state index is 12.9. The van der Waals surface area contributed by atoms with Gasteiger partial charge < -0.3 is 15.8 Å². The number of hydrogen-bond donors (Lipinski definition) is 1. The van der Waals surface area contributed by atoms with Crippen molar-refractivity contribution in [2.75, 3.05) is 5.32 Å². The van der Waals surface area contributed by atoms with E-state index in [9.17, 15) is 4.79 Å². The van der Waals surface area contributed by atoms with E-state index in [0.717, 1.165) is 24.2 Å². The Morgan fingerprint density at radius 3 is 2.23 bits per heavy atom. The number of ether oxygens (including phenoxy) is 1. The summed E-state index contributed by atoms with van der Waals surface area (Å²) in [5.74, 6) is 0.579. The van der Waals surface area contributed by atoms with Crippen LogP contribution in [0.3, 0.4) is 0 Å². The summed E-state index contributed by atoms with van der Waals surface area (Å²) in [5.41, 5.74) is 11.2. The van der Waals surface area contributed by atoms with Gasteiger partial charge in [-0.05, 0) is 59.9 Å². The lowest BCUT2D eigenvalue weighted by atomic mass is 9.76. The van der Waals surface area contributed by atoms with Crippen LogP contribution in [0.1, 0.15) is 78.9 Å². The van der Waals surface area contributed by atoms with Crippen LogP contribution in [-0.4, -0.2) is 12.0 Å². The Hall–Kier alpha value is -2.49. The zero-order valence-corrected chi connectivity index (χ0v) is 19.6. The van der Waals surface area contributed by atoms with Crippen LogP contribution >= 0.6 is 0 Å². The van der Waals surface area contributed by atoms with E-state index in [1.807, 2.05) is 13.0 Å². The molecule has 163 valence electrons. The molecular formula is C26H37N2O2. The number of anilines is 1. The van der Waals surface area contributed by atoms with Gasteiger partial charge in [-0.1, -0.05) is 66.7 Å². The molecule has 0 heterocycles. The Bertz CT molecular complexity index is 871. The van der Waals surface area contributed by atoms with Crippen molar-refractivity contribution in [2.45, 2.75) is 84.7 Å². The average Bonchev–Trinajstić information content (AvgIpc) is 2.71. The molecule has 0 fully saturated rings. The second-order valence-electron chi connectivity index (χ2n) is 9.27. The first-order valence-corrected chi connectivity index (χ1v) is 11.0. The fraction of sp³-hybridized carbons (Fsp3) is 0.500. The second kappa shape index (κ2) is 9.55. The molecule has 4 heteroatoms. The van der Waals surface area contributed by atoms with Crippen molar-refractivity contribution in [3.05, 3.63) is 53.6 Å². The summed E-state index contributed by atoms with van der Waals surface area (Å²) in [4.78, 5) is 12.9. The third-order valence-electron chi connectivity index (χ3n) is 6.32. The van der Waals surface area contributed by atoms with Crippen LogP contribution in [0.25, 0.3) is 0 Å². The molecular weight excluding hydrogens is 372 g/mol. The van der Waals surface area contributed by atoms with Crippen molar-refractivity contribution in [1.82, 2.24) is 5.73 Å². The zero-order chi connectivity index (χ0) is 22.5. The second-order valence-corrected chi connectivity index (χ2v) is 9.27. The standard InChI is InChI=1S/C26H37N2O2/c1-8-22(24(29)28-20-13-11-12-19(27)17-20)30-23-15-14-18(25(4,5)9-2)16-21(23)26(6,7)10-3/h11-17,22,27H,8-10H2,1-7H3,(H,28,29). The third-order valence-corrected chi connectivity index (χ3v) is 6.32. The summed E-state index contributed by atoms with van der Waals surface area (Å²) in [7, 11) is 0. The Morgan fingerprint density at radius 2 is 1.67 bits per heavy atom. The van der Waals surface area contributed by atoms with Gasteiger partial charge in [0.15, 0.2) is 6.10 Å². The van der Waals surface area contributed by atoms with E-state index in [1.165, 1.54) is 5.56 Å². The van der Waals surface area contributed by atoms with Crippen LogP contribution in [0.4, 0.5) is 11.4 Å². The summed E-state index contributed by atoms with van der Waals surface area (Å²) < 4.78 is 6.29. The normalized spacial score (nSPS) is 13.0. The van der Waals surface area contributed by atoms with Crippen molar-refractivity contribution < 1.29 is 9.53 Å². The zero-order valence-electron chi connectivity index (χ0n) is 19.6. The smallest absolute Gasteiger partial charge is 0.265 e. The number of benzene rings is 2. The molecule has 1 unspecified atom stereocenters. The van der Waals surface area contributed by atoms with E-state index in [2.05, 4.69) is 59.0 Å². The van der Waals surface area contributed by atoms with Crippen molar-refractivity contribution in [3.8, 4) is 5.75 Å². The van der Waals surface area contributed by atoms with Crippen LogP contribution in [0.15, 0.2) is 42.5 Å². The quantitative estimate of drug-likeness (QED) is 0.496. The first kappa shape index (κ1) is 23.8. The highest BCUT2D eigenvalue weighted by molar-refractivity contribution is 5.94. The largest absolute Gasteiger partial charge is 0.480 e. The summed E-state index contributed by atoms with van der Waals surface area (Å²) in [5, 5.41) is 2.89. The maximum atomic E-state index is 12.9. The van der Waals surface area contributed by atoms with Gasteiger partial charge in [0.05, 0.1) is 5.69 Å². The highest BCUT2D eigenvalue weighted by Crippen LogP contribution is 2.39. The molecule has 0 spiro atoms. The summed E-state index contributed by atoms with van der Waals surface area (Å²) >= 11 is 0. The summed E-state index contributed by atoms with van der Waals surface area (Å²) in [6.07, 6.45) is 1.98. The van der Waals surface area contributed by atoms with Crippen LogP contribution in [0.5, 0.6) is 5.75 Å². The van der Waals surface area contributed by atoms with E-state index in [1.54, 1.807) is 24.3 Å². The van der Waals surface area contributed by atoms with E-state index in [-0.39, 0.29) is 16.7 Å². The van der Waals surface area contributed by atoms with Gasteiger partial charge in [-0.15, -0.1) is 0 Å². The predicted molar refractivity (Wildman–Crippen MR) is 126 cm³/mol. The molecule has 0 aliphatic heterocycles. The Morgan fingerprint density at radius 1 is 1.00 bits per heavy atom. The van der Waals surface area contributed by atoms with Crippen molar-refractivity contribution in [2.24, 2.45) is 0 Å². The van der Waals surface area contributed by atoms with Crippen molar-refractivity contribution in [3.63, 3.8) is 0 Å². The van der Waals surface area contributed by atoms with Gasteiger partial charge in [0.25, 0.3) is 5.91 Å². The Kier molecular flexibility index (Phi) is 7.57. The lowest BCUT2D eigenvalue weighted by Gasteiger charge is -2.31. The Balaban J connectivity index is 2.35. The number of rotatable bonds is 9. The topological polar surface area (TPSA) is 62.1 Å². The molecule has 1 amide bonds. The lowest BCUT2D eigenvalue weighted by Crippen LogP contribution is -2.33. The van der Waals surface area contributed by atoms with Crippen LogP contribution in [0.2, 0.25) is 0 Å². The molecule has 1 radical (unpaired) electrons. The fourth-order valence-corrected chi connectivity index (χ4v) is 3.27. The molecule has 0 aromatic heterocycles. The van der Waals surface area contributed by atoms with Crippen LogP contribution in [0, 0.1) is 0 Å². The molecule has 0 saturated carbocycles. The summed E-state index contributed by atoms with van der Waals surface area (Å²) in [6.45, 7) is 15.3. The molecule has 4 nitrogen and oxygen atoms in total. The molecule has 0 aliphatic rings. The van der Waals surface area contributed by atoms with E-state index < -0.39 is 6.10 Å². The Labute approximate surface area is 182 Å². The molecule has 2 N–H and O–H groups in total. The van der Waals surface area contributed by atoms with E-state index >= 15 is 0 Å². The number of amides is 1. The minimum absolute atomic E-state index is 0.0660. The molecule has 30 heavy (non-hydrogen) atoms. The van der Waals surface area contributed by atoms with Gasteiger partial charge in [0, 0.05) is 11.3 Å². The SMILES string of the molecule is CCC(Oc1ccc(C(C)(C)CC)cc1C(C)(C)CC)C(=O)Nc1cccc([NH])c1. The number of nitrogens with one attached hydrogen (secondary N) is 2. The molecule has 2 rings (SSSR count). The summed E-state index contributed by atoms with van der Waals surface area (Å²) in [6, 6.07) is 13.3. The van der Waals surface area contributed by atoms with E-state index in [0.29, 0.717) is 17.8 Å². The first-order valence-electron chi connectivity index (χ1n) is 11.0. The monoisotopic (exact) mass is 409 g/mol. The lowest BCUT2D eigenvalue weighted by molar-refractivity contribution is -0.122. The third kappa shape index (κ3) is 5.56. The van der Waals surface area contributed by atoms with Crippen LogP contribution in [-0.2, 0) is 15.6 Å². The van der Waals surface area contributed by atoms with Crippen molar-refractivity contribution >= 4 is 17.3 Å². The van der Waals surface area contributed by atoms with Gasteiger partial charge >= 0.3 is 0 Å². The van der Waals surface area contributed by atoms with Gasteiger partial charge in [-0.3, -0.25) is 4.79 Å². The van der Waals surface area contributed by atoms with Gasteiger partial charge in [-0.25, -0.2) is 0 Å². The predicted octanol–water partition coefficient (Wildman–Crippen LogP) is 6.77. The van der Waals surface area contributed by atoms with Gasteiger partial charge in [-0.2, -0.15) is 0 Å². The number of carbonyl (C=O) groups excluding carboxylic acids is 1. The highest BCUT2D eigenvalue weighted by Gasteiger charge is 2.28. The van der Waals surface area contributed by atoms with Crippen LogP contribution < -0.4 is 15.8 Å². The molecule has 2 aromatic carbocycles. The average molecular weight is 410 g/mol. The van der Waals surface area contributed by atoms with Gasteiger partial charge in [0.2, 0.25) is 0 Å². The van der Waals surface area contributed by atoms with E-state index in [4.69, 9.17) is 10.5 Å². The number of carbonyl (C=O) groups is 1. The van der Waals surface area contributed by atoms with Gasteiger partial charge in [0.1, 0.15) is 5.75 Å². The fourth-order valence-electron chi connectivity index (χ4n) is 3.27. The van der Waals surface area contributed by atoms with Crippen molar-refractivity contribution in [1.29, 1.82) is 0 Å². The minimum atomic E-state index is -0.601. The molecule has 1 atom stereocenters. The molecule has 0 saturated heterocycles. The molecule has 0 bridgehead atoms. The molecule has 0 aliphatic carbocycles.